The zero-order valence-electron chi connectivity index (χ0n) is 9.46. The highest BCUT2D eigenvalue weighted by molar-refractivity contribution is 5.36. The lowest BCUT2D eigenvalue weighted by Crippen LogP contribution is -2.18. The maximum Gasteiger partial charge on any atom is 0.174 e. The highest BCUT2D eigenvalue weighted by Crippen LogP contribution is 2.25. The smallest absolute Gasteiger partial charge is 0.174 e. The zero-order valence-corrected chi connectivity index (χ0v) is 9.46. The van der Waals surface area contributed by atoms with E-state index in [-0.39, 0.29) is 18.5 Å². The lowest BCUT2D eigenvalue weighted by atomic mass is 10.1. The Morgan fingerprint density at radius 3 is 2.94 bits per heavy atom. The van der Waals surface area contributed by atoms with E-state index in [1.54, 1.807) is 6.07 Å². The fraction of sp³-hybridized carbons (Fsp3) is 0.417. The molecule has 16 heavy (non-hydrogen) atoms. The third-order valence-corrected chi connectivity index (χ3v) is 2.24. The zero-order chi connectivity index (χ0) is 12.0. The van der Waals surface area contributed by atoms with Crippen molar-refractivity contribution in [3.05, 3.63) is 29.6 Å². The van der Waals surface area contributed by atoms with Crippen LogP contribution in [0.5, 0.6) is 5.75 Å². The van der Waals surface area contributed by atoms with E-state index in [1.165, 1.54) is 12.1 Å². The Hall–Kier alpha value is -1.60. The van der Waals surface area contributed by atoms with Crippen LogP contribution in [-0.4, -0.2) is 13.2 Å². The summed E-state index contributed by atoms with van der Waals surface area (Å²) in [5, 5.41) is 11.6. The molecule has 0 radical (unpaired) electrons. The van der Waals surface area contributed by atoms with Crippen molar-refractivity contribution in [2.24, 2.45) is 0 Å². The highest BCUT2D eigenvalue weighted by atomic mass is 19.1. The summed E-state index contributed by atoms with van der Waals surface area (Å²) < 4.78 is 18.4. The number of hydrogen-bond acceptors (Lipinski definition) is 3. The average molecular weight is 222 g/mol. The summed E-state index contributed by atoms with van der Waals surface area (Å²) in [6, 6.07) is 6.20. The molecule has 3 nitrogen and oxygen atoms in total. The molecule has 0 fully saturated rings. The maximum absolute atomic E-state index is 13.1. The molecule has 86 valence electrons. The second kappa shape index (κ2) is 6.09. The van der Waals surface area contributed by atoms with Crippen molar-refractivity contribution in [1.82, 2.24) is 5.32 Å². The summed E-state index contributed by atoms with van der Waals surface area (Å²) in [5.41, 5.74) is 0.733. The van der Waals surface area contributed by atoms with Gasteiger partial charge in [0.2, 0.25) is 0 Å². The number of halogens is 1. The summed E-state index contributed by atoms with van der Waals surface area (Å²) in [6.07, 6.45) is 0. The molecule has 1 unspecified atom stereocenters. The molecule has 4 heteroatoms. The molecule has 0 aliphatic rings. The third-order valence-electron chi connectivity index (χ3n) is 2.24. The Morgan fingerprint density at radius 2 is 2.31 bits per heavy atom. The summed E-state index contributed by atoms with van der Waals surface area (Å²) in [6.45, 7) is 4.66. The van der Waals surface area contributed by atoms with Crippen LogP contribution in [0.4, 0.5) is 4.39 Å². The van der Waals surface area contributed by atoms with E-state index >= 15 is 0 Å². The highest BCUT2D eigenvalue weighted by Gasteiger charge is 2.11. The van der Waals surface area contributed by atoms with Gasteiger partial charge in [-0.1, -0.05) is 6.92 Å². The lowest BCUT2D eigenvalue weighted by Gasteiger charge is -2.16. The second-order valence-electron chi connectivity index (χ2n) is 3.41. The molecule has 0 heterocycles. The molecule has 0 aromatic heterocycles. The first-order valence-electron chi connectivity index (χ1n) is 5.21. The Kier molecular flexibility index (Phi) is 4.74. The molecule has 0 aliphatic heterocycles. The van der Waals surface area contributed by atoms with Gasteiger partial charge in [-0.05, 0) is 31.7 Å². The van der Waals surface area contributed by atoms with Crippen LogP contribution in [0, 0.1) is 17.1 Å². The minimum atomic E-state index is -0.302. The van der Waals surface area contributed by atoms with Gasteiger partial charge in [0.15, 0.2) is 6.61 Å². The van der Waals surface area contributed by atoms with Crippen LogP contribution < -0.4 is 10.1 Å². The van der Waals surface area contributed by atoms with Gasteiger partial charge in [0.05, 0.1) is 0 Å². The van der Waals surface area contributed by atoms with Crippen LogP contribution in [0.2, 0.25) is 0 Å². The Balaban J connectivity index is 2.93. The molecule has 0 aliphatic carbocycles. The van der Waals surface area contributed by atoms with Gasteiger partial charge in [-0.3, -0.25) is 0 Å². The van der Waals surface area contributed by atoms with Crippen LogP contribution >= 0.6 is 0 Å². The van der Waals surface area contributed by atoms with Crippen molar-refractivity contribution in [3.63, 3.8) is 0 Å². The number of ether oxygens (including phenoxy) is 1. The average Bonchev–Trinajstić information content (AvgIpc) is 2.27. The van der Waals surface area contributed by atoms with Crippen LogP contribution in [0.1, 0.15) is 25.5 Å². The molecule has 1 rings (SSSR count). The Morgan fingerprint density at radius 1 is 1.56 bits per heavy atom. The van der Waals surface area contributed by atoms with Gasteiger partial charge >= 0.3 is 0 Å². The van der Waals surface area contributed by atoms with E-state index in [4.69, 9.17) is 10.00 Å². The van der Waals surface area contributed by atoms with Crippen molar-refractivity contribution in [1.29, 1.82) is 5.26 Å². The predicted octanol–water partition coefficient (Wildman–Crippen LogP) is 2.40. The lowest BCUT2D eigenvalue weighted by molar-refractivity contribution is 0.358. The molecule has 1 N–H and O–H groups in total. The molecule has 0 amide bonds. The molecular weight excluding hydrogens is 207 g/mol. The standard InChI is InChI=1S/C12H15FN2O/c1-3-15-9(2)11-8-10(13)4-5-12(11)16-7-6-14/h4-5,8-9,15H,3,7H2,1-2H3. The number of nitriles is 1. The van der Waals surface area contributed by atoms with Crippen LogP contribution in [0.3, 0.4) is 0 Å². The third kappa shape index (κ3) is 3.21. The first-order chi connectivity index (χ1) is 7.69. The first kappa shape index (κ1) is 12.5. The fourth-order valence-electron chi connectivity index (χ4n) is 1.52. The molecule has 0 bridgehead atoms. The first-order valence-corrected chi connectivity index (χ1v) is 5.21. The van der Waals surface area contributed by atoms with E-state index < -0.39 is 0 Å². The van der Waals surface area contributed by atoms with Crippen LogP contribution in [-0.2, 0) is 0 Å². The summed E-state index contributed by atoms with van der Waals surface area (Å²) in [5.74, 6) is 0.250. The van der Waals surface area contributed by atoms with Gasteiger partial charge in [-0.15, -0.1) is 0 Å². The van der Waals surface area contributed by atoms with Crippen molar-refractivity contribution in [2.75, 3.05) is 13.2 Å². The van der Waals surface area contributed by atoms with Crippen molar-refractivity contribution in [2.45, 2.75) is 19.9 Å². The van der Waals surface area contributed by atoms with E-state index in [2.05, 4.69) is 5.32 Å². The molecule has 1 atom stereocenters. The molecule has 1 aromatic carbocycles. The normalized spacial score (nSPS) is 11.9. The quantitative estimate of drug-likeness (QED) is 0.832. The van der Waals surface area contributed by atoms with E-state index in [9.17, 15) is 4.39 Å². The summed E-state index contributed by atoms with van der Waals surface area (Å²) in [4.78, 5) is 0. The minimum Gasteiger partial charge on any atom is -0.478 e. The van der Waals surface area contributed by atoms with Gasteiger partial charge in [0.25, 0.3) is 0 Å². The number of rotatable bonds is 5. The molecule has 1 aromatic rings. The number of nitrogens with zero attached hydrogens (tertiary/aromatic N) is 1. The monoisotopic (exact) mass is 222 g/mol. The molecule has 0 spiro atoms. The van der Waals surface area contributed by atoms with Gasteiger partial charge in [0.1, 0.15) is 17.6 Å². The van der Waals surface area contributed by atoms with Crippen molar-refractivity contribution < 1.29 is 9.13 Å². The summed E-state index contributed by atoms with van der Waals surface area (Å²) in [7, 11) is 0. The van der Waals surface area contributed by atoms with E-state index in [0.29, 0.717) is 5.75 Å². The number of nitrogens with one attached hydrogen (secondary N) is 1. The van der Waals surface area contributed by atoms with E-state index in [0.717, 1.165) is 12.1 Å². The second-order valence-corrected chi connectivity index (χ2v) is 3.41. The topological polar surface area (TPSA) is 45.0 Å². The van der Waals surface area contributed by atoms with Gasteiger partial charge in [-0.25, -0.2) is 4.39 Å². The Labute approximate surface area is 94.8 Å². The fourth-order valence-corrected chi connectivity index (χ4v) is 1.52. The van der Waals surface area contributed by atoms with Gasteiger partial charge in [-0.2, -0.15) is 5.26 Å². The van der Waals surface area contributed by atoms with Crippen LogP contribution in [0.25, 0.3) is 0 Å². The minimum absolute atomic E-state index is 0.00519. The van der Waals surface area contributed by atoms with Gasteiger partial charge in [0, 0.05) is 11.6 Å². The van der Waals surface area contributed by atoms with Gasteiger partial charge < -0.3 is 10.1 Å². The SMILES string of the molecule is CCNC(C)c1cc(F)ccc1OCC#N. The van der Waals surface area contributed by atoms with E-state index in [1.807, 2.05) is 19.9 Å². The number of hydrogen-bond donors (Lipinski definition) is 1. The summed E-state index contributed by atoms with van der Waals surface area (Å²) >= 11 is 0. The van der Waals surface area contributed by atoms with Crippen molar-refractivity contribution in [3.8, 4) is 11.8 Å². The maximum atomic E-state index is 13.1. The largest absolute Gasteiger partial charge is 0.478 e. The number of benzene rings is 1. The van der Waals surface area contributed by atoms with Crippen LogP contribution in [0.15, 0.2) is 18.2 Å². The molecule has 0 saturated carbocycles. The molecular formula is C12H15FN2O. The van der Waals surface area contributed by atoms with Crippen molar-refractivity contribution >= 4 is 0 Å². The predicted molar refractivity (Wildman–Crippen MR) is 59.6 cm³/mol. The molecule has 0 saturated heterocycles. The Bertz CT molecular complexity index is 387.